The summed E-state index contributed by atoms with van der Waals surface area (Å²) in [5.41, 5.74) is 0. The highest BCUT2D eigenvalue weighted by Crippen LogP contribution is 2.18. The maximum Gasteiger partial charge on any atom is 0.306 e. The normalized spacial score (nSPS) is 13.6. The number of esters is 1. The number of nitrogens with one attached hydrogen (secondary N) is 1. The van der Waals surface area contributed by atoms with Crippen LogP contribution >= 0.6 is 0 Å². The molecule has 3 unspecified atom stereocenters. The number of allylic oxidation sites excluding steroid dienone is 8. The Morgan fingerprint density at radius 3 is 1.39 bits per heavy atom. The van der Waals surface area contributed by atoms with Crippen molar-refractivity contribution in [2.75, 3.05) is 6.61 Å². The van der Waals surface area contributed by atoms with Crippen LogP contribution in [0.5, 0.6) is 0 Å². The van der Waals surface area contributed by atoms with Gasteiger partial charge in [-0.1, -0.05) is 243 Å². The van der Waals surface area contributed by atoms with E-state index in [4.69, 9.17) is 4.74 Å². The van der Waals surface area contributed by atoms with Crippen molar-refractivity contribution in [1.82, 2.24) is 5.32 Å². The Hall–Kier alpha value is -2.18. The van der Waals surface area contributed by atoms with Gasteiger partial charge in [0.05, 0.1) is 25.2 Å². The minimum atomic E-state index is -0.790. The molecule has 0 aliphatic carbocycles. The summed E-state index contributed by atoms with van der Waals surface area (Å²) in [6.45, 7) is 6.34. The summed E-state index contributed by atoms with van der Waals surface area (Å²) in [5.74, 6) is -0.494. The van der Waals surface area contributed by atoms with Crippen molar-refractivity contribution in [3.8, 4) is 0 Å². The van der Waals surface area contributed by atoms with Gasteiger partial charge < -0.3 is 20.3 Å². The highest BCUT2D eigenvalue weighted by Gasteiger charge is 2.24. The molecule has 6 heteroatoms. The summed E-state index contributed by atoms with van der Waals surface area (Å²) in [6.07, 6.45) is 55.9. The highest BCUT2D eigenvalue weighted by molar-refractivity contribution is 5.77. The van der Waals surface area contributed by atoms with Crippen LogP contribution in [0.1, 0.15) is 252 Å². The minimum absolute atomic E-state index is 0.0699. The van der Waals surface area contributed by atoms with Crippen LogP contribution in [0.25, 0.3) is 0 Å². The molecule has 0 aromatic rings. The van der Waals surface area contributed by atoms with Crippen LogP contribution in [-0.2, 0) is 14.3 Å². The van der Waals surface area contributed by atoms with Gasteiger partial charge in [-0.3, -0.25) is 9.59 Å². The molecule has 0 aliphatic heterocycles. The first-order valence-corrected chi connectivity index (χ1v) is 25.4. The maximum atomic E-state index is 13.2. The molecule has 1 amide bonds. The van der Waals surface area contributed by atoms with Crippen molar-refractivity contribution in [3.63, 3.8) is 0 Å². The first-order chi connectivity index (χ1) is 29.0. The molecule has 344 valence electrons. The lowest BCUT2D eigenvalue weighted by Crippen LogP contribution is -2.46. The van der Waals surface area contributed by atoms with Crippen LogP contribution in [0.2, 0.25) is 0 Å². The molecule has 6 nitrogen and oxygen atoms in total. The van der Waals surface area contributed by atoms with Crippen molar-refractivity contribution in [2.24, 2.45) is 0 Å². The number of rotatable bonds is 45. The number of carbonyl (C=O) groups is 2. The SMILES string of the molecule is CC/C=C/C=C/C=C/C=C\CCCCCCCC(=O)OC(CCCCCCCCCCCCC)CC(=O)NC(CO)C(O)CCCCCCCCCCCCCCCC. The van der Waals surface area contributed by atoms with Gasteiger partial charge in [-0.05, 0) is 44.9 Å². The standard InChI is InChI=1S/C53H97NO5/c1-4-7-10-13-16-19-22-24-26-28-31-34-37-40-43-46-53(58)59-49(44-41-38-35-32-29-21-18-15-12-9-6-3)47-52(57)54-50(48-55)51(56)45-42-39-36-33-30-27-25-23-20-17-14-11-8-5-2/h7,10,13,16,19,22,24,26,49-51,55-56H,4-6,8-9,11-12,14-15,17-18,20-21,23,25,27-48H2,1-3H3,(H,54,57)/b10-7+,16-13+,22-19+,26-24-. The third-order valence-corrected chi connectivity index (χ3v) is 11.5. The summed E-state index contributed by atoms with van der Waals surface area (Å²) in [5, 5.41) is 23.8. The third kappa shape index (κ3) is 42.3. The maximum absolute atomic E-state index is 13.2. The van der Waals surface area contributed by atoms with E-state index >= 15 is 0 Å². The van der Waals surface area contributed by atoms with E-state index in [0.29, 0.717) is 19.3 Å². The molecule has 0 saturated heterocycles. The molecule has 0 fully saturated rings. The lowest BCUT2D eigenvalue weighted by Gasteiger charge is -2.24. The van der Waals surface area contributed by atoms with E-state index in [1.807, 2.05) is 18.2 Å². The molecule has 0 spiro atoms. The number of amides is 1. The molecule has 0 heterocycles. The van der Waals surface area contributed by atoms with Crippen molar-refractivity contribution in [2.45, 2.75) is 270 Å². The Balaban J connectivity index is 4.56. The first kappa shape index (κ1) is 56.8. The van der Waals surface area contributed by atoms with Gasteiger partial charge in [0.15, 0.2) is 0 Å². The number of aliphatic hydroxyl groups excluding tert-OH is 2. The monoisotopic (exact) mass is 828 g/mol. The Labute approximate surface area is 366 Å². The summed E-state index contributed by atoms with van der Waals surface area (Å²) < 4.78 is 5.92. The van der Waals surface area contributed by atoms with Gasteiger partial charge in [-0.25, -0.2) is 0 Å². The van der Waals surface area contributed by atoms with Crippen LogP contribution in [-0.4, -0.2) is 46.9 Å². The van der Waals surface area contributed by atoms with Crippen molar-refractivity contribution >= 4 is 11.9 Å². The Morgan fingerprint density at radius 2 is 0.915 bits per heavy atom. The highest BCUT2D eigenvalue weighted by atomic mass is 16.5. The molecule has 0 bridgehead atoms. The summed E-state index contributed by atoms with van der Waals surface area (Å²) >= 11 is 0. The van der Waals surface area contributed by atoms with E-state index in [2.05, 4.69) is 56.5 Å². The van der Waals surface area contributed by atoms with Crippen molar-refractivity contribution in [1.29, 1.82) is 0 Å². The molecule has 0 saturated carbocycles. The van der Waals surface area contributed by atoms with Crippen LogP contribution in [0.15, 0.2) is 48.6 Å². The third-order valence-electron chi connectivity index (χ3n) is 11.5. The van der Waals surface area contributed by atoms with Gasteiger partial charge in [0.25, 0.3) is 0 Å². The second-order valence-corrected chi connectivity index (χ2v) is 17.3. The molecule has 0 aliphatic rings. The lowest BCUT2D eigenvalue weighted by atomic mass is 10.0. The largest absolute Gasteiger partial charge is 0.462 e. The summed E-state index contributed by atoms with van der Waals surface area (Å²) in [4.78, 5) is 26.1. The van der Waals surface area contributed by atoms with Gasteiger partial charge in [0.2, 0.25) is 5.91 Å². The second kappa shape index (κ2) is 46.9. The lowest BCUT2D eigenvalue weighted by molar-refractivity contribution is -0.151. The number of ether oxygens (including phenoxy) is 1. The second-order valence-electron chi connectivity index (χ2n) is 17.3. The van der Waals surface area contributed by atoms with E-state index in [1.54, 1.807) is 0 Å². The van der Waals surface area contributed by atoms with Gasteiger partial charge in [-0.2, -0.15) is 0 Å². The van der Waals surface area contributed by atoms with Crippen LogP contribution < -0.4 is 5.32 Å². The minimum Gasteiger partial charge on any atom is -0.462 e. The fourth-order valence-electron chi connectivity index (χ4n) is 7.68. The Morgan fingerprint density at radius 1 is 0.508 bits per heavy atom. The number of unbranched alkanes of at least 4 members (excludes halogenated alkanes) is 28. The number of aliphatic hydroxyl groups is 2. The first-order valence-electron chi connectivity index (χ1n) is 25.4. The molecule has 0 aromatic heterocycles. The average Bonchev–Trinajstić information content (AvgIpc) is 3.23. The van der Waals surface area contributed by atoms with E-state index in [0.717, 1.165) is 77.0 Å². The predicted molar refractivity (Wildman–Crippen MR) is 255 cm³/mol. The number of hydrogen-bond acceptors (Lipinski definition) is 5. The van der Waals surface area contributed by atoms with Crippen molar-refractivity contribution in [3.05, 3.63) is 48.6 Å². The quantitative estimate of drug-likeness (QED) is 0.0323. The average molecular weight is 828 g/mol. The molecular formula is C53H97NO5. The molecule has 0 aromatic carbocycles. The van der Waals surface area contributed by atoms with Gasteiger partial charge in [0.1, 0.15) is 6.10 Å². The smallest absolute Gasteiger partial charge is 0.306 e. The van der Waals surface area contributed by atoms with E-state index in [9.17, 15) is 19.8 Å². The zero-order chi connectivity index (χ0) is 43.1. The molecular weight excluding hydrogens is 731 g/mol. The van der Waals surface area contributed by atoms with E-state index < -0.39 is 18.2 Å². The van der Waals surface area contributed by atoms with Crippen LogP contribution in [0.3, 0.4) is 0 Å². The Bertz CT molecular complexity index is 1020. The van der Waals surface area contributed by atoms with Gasteiger partial charge in [-0.15, -0.1) is 0 Å². The topological polar surface area (TPSA) is 95.9 Å². The zero-order valence-corrected chi connectivity index (χ0v) is 39.1. The summed E-state index contributed by atoms with van der Waals surface area (Å²) in [7, 11) is 0. The molecule has 0 rings (SSSR count). The van der Waals surface area contributed by atoms with Crippen LogP contribution in [0, 0.1) is 0 Å². The summed E-state index contributed by atoms with van der Waals surface area (Å²) in [6, 6.07) is -0.704. The fraction of sp³-hybridized carbons (Fsp3) is 0.811. The van der Waals surface area contributed by atoms with E-state index in [-0.39, 0.29) is 24.9 Å². The molecule has 3 N–H and O–H groups in total. The molecule has 0 radical (unpaired) electrons. The van der Waals surface area contributed by atoms with Gasteiger partial charge in [0, 0.05) is 6.42 Å². The van der Waals surface area contributed by atoms with Crippen LogP contribution in [0.4, 0.5) is 0 Å². The van der Waals surface area contributed by atoms with Gasteiger partial charge >= 0.3 is 5.97 Å². The molecule has 59 heavy (non-hydrogen) atoms. The number of hydrogen-bond donors (Lipinski definition) is 3. The zero-order valence-electron chi connectivity index (χ0n) is 39.1. The predicted octanol–water partition coefficient (Wildman–Crippen LogP) is 15.1. The fourth-order valence-corrected chi connectivity index (χ4v) is 7.68. The van der Waals surface area contributed by atoms with Crippen molar-refractivity contribution < 1.29 is 24.5 Å². The Kier molecular flexibility index (Phi) is 45.1. The number of carbonyl (C=O) groups excluding carboxylic acids is 2. The molecule has 3 atom stereocenters. The van der Waals surface area contributed by atoms with E-state index in [1.165, 1.54) is 128 Å².